The number of hydrogen-bond donors (Lipinski definition) is 8. The van der Waals surface area contributed by atoms with Crippen molar-refractivity contribution in [1.29, 1.82) is 0 Å². The van der Waals surface area contributed by atoms with Gasteiger partial charge in [-0.3, -0.25) is 23.4 Å². The summed E-state index contributed by atoms with van der Waals surface area (Å²) < 4.78 is 0. The van der Waals surface area contributed by atoms with Crippen LogP contribution >= 0.6 is 0 Å². The highest BCUT2D eigenvalue weighted by Crippen LogP contribution is 2.22. The molecule has 4 rings (SSSR count). The molecule has 0 aliphatic carbocycles. The quantitative estimate of drug-likeness (QED) is 0.176. The lowest BCUT2D eigenvalue weighted by atomic mass is 10.6. The van der Waals surface area contributed by atoms with Gasteiger partial charge in [-0.15, -0.1) is 40.7 Å². The van der Waals surface area contributed by atoms with Crippen molar-refractivity contribution >= 4 is 12.2 Å². The first-order chi connectivity index (χ1) is 14.6. The third-order valence-electron chi connectivity index (χ3n) is 2.42. The van der Waals surface area contributed by atoms with Gasteiger partial charge in [0.15, 0.2) is 0 Å². The fourth-order valence-electron chi connectivity index (χ4n) is 1.44. The van der Waals surface area contributed by atoms with Gasteiger partial charge in [0.05, 0.1) is 0 Å². The van der Waals surface area contributed by atoms with Crippen molar-refractivity contribution in [3.05, 3.63) is 23.3 Å². The number of nitrogens with one attached hydrogen (secondary N) is 2. The van der Waals surface area contributed by atoms with Crippen LogP contribution in [0.1, 0.15) is 0 Å². The molecular formula is C6H12N20O4. The average molecular weight is 428 g/mol. The van der Waals surface area contributed by atoms with Crippen molar-refractivity contribution in [3.63, 3.8) is 0 Å². The van der Waals surface area contributed by atoms with Crippen LogP contribution in [0.4, 0.5) is 9.59 Å². The molecule has 0 unspecified atom stereocenters. The molecule has 0 bridgehead atoms. The summed E-state index contributed by atoms with van der Waals surface area (Å²) in [5.41, 5.74) is 4.23. The van der Waals surface area contributed by atoms with Gasteiger partial charge in [0, 0.05) is 0 Å². The molecular weight excluding hydrogens is 416 g/mol. The average Bonchev–Trinajstić information content (AvgIpc) is 3.57. The molecule has 0 aromatic carbocycles. The van der Waals surface area contributed by atoms with Gasteiger partial charge in [-0.25, -0.2) is 9.59 Å². The highest BCUT2D eigenvalue weighted by Gasteiger charge is 2.27. The summed E-state index contributed by atoms with van der Waals surface area (Å²) in [4.78, 5) is 21.1. The molecule has 4 aliphatic rings. The van der Waals surface area contributed by atoms with Crippen molar-refractivity contribution < 1.29 is 19.8 Å². The summed E-state index contributed by atoms with van der Waals surface area (Å²) in [6.07, 6.45) is -2.55. The third kappa shape index (κ3) is 5.53. The summed E-state index contributed by atoms with van der Waals surface area (Å²) in [5, 5.41) is 58.4. The number of hydrazine groups is 4. The Hall–Kier alpha value is -4.94. The molecule has 2 amide bonds. The second-order valence-electron chi connectivity index (χ2n) is 3.89. The number of carbonyl (C=O) groups is 2. The Morgan fingerprint density at radius 2 is 0.933 bits per heavy atom. The second kappa shape index (κ2) is 11.7. The van der Waals surface area contributed by atoms with E-state index in [4.69, 9.17) is 10.2 Å². The van der Waals surface area contributed by atoms with Crippen LogP contribution in [0, 0.1) is 0 Å². The van der Waals surface area contributed by atoms with E-state index < -0.39 is 12.2 Å². The number of rotatable bonds is 0. The van der Waals surface area contributed by atoms with Crippen molar-refractivity contribution in [2.24, 2.45) is 85.4 Å². The molecule has 24 nitrogen and oxygen atoms in total. The van der Waals surface area contributed by atoms with Gasteiger partial charge in [0.25, 0.3) is 0 Å². The molecule has 0 aromatic heterocycles. The zero-order valence-corrected chi connectivity index (χ0v) is 14.3. The number of hydrogen-bond acceptors (Lipinski definition) is 20. The molecule has 0 saturated heterocycles. The molecule has 0 saturated carbocycles. The maximum atomic E-state index is 10.5. The minimum atomic E-state index is -1.27. The van der Waals surface area contributed by atoms with E-state index in [-0.39, 0.29) is 23.3 Å². The van der Waals surface area contributed by atoms with Crippen molar-refractivity contribution in [3.8, 4) is 0 Å². The van der Waals surface area contributed by atoms with Gasteiger partial charge in [-0.05, 0) is 20.9 Å². The Balaban J connectivity index is 0.000000258. The second-order valence-corrected chi connectivity index (χ2v) is 3.89. The Bertz CT molecular complexity index is 778. The summed E-state index contributed by atoms with van der Waals surface area (Å²) in [5.74, 6) is 15.9. The van der Waals surface area contributed by atoms with Gasteiger partial charge in [-0.1, -0.05) is 10.4 Å². The lowest BCUT2D eigenvalue weighted by Gasteiger charge is -2.08. The minimum absolute atomic E-state index is 0.00356. The van der Waals surface area contributed by atoms with E-state index in [1.54, 1.807) is 0 Å². The van der Waals surface area contributed by atoms with Gasteiger partial charge in [0.1, 0.15) is 0 Å². The fraction of sp³-hybridized carbons (Fsp3) is 0. The summed E-state index contributed by atoms with van der Waals surface area (Å²) in [6.45, 7) is 0. The normalized spacial score (nSPS) is 16.5. The van der Waals surface area contributed by atoms with Gasteiger partial charge >= 0.3 is 12.2 Å². The minimum Gasteiger partial charge on any atom is -0.463 e. The Kier molecular flexibility index (Phi) is 9.01. The van der Waals surface area contributed by atoms with Crippen LogP contribution in [0.2, 0.25) is 0 Å². The number of amides is 2. The van der Waals surface area contributed by atoms with E-state index in [1.807, 2.05) is 0 Å². The maximum Gasteiger partial charge on any atom is 0.433 e. The van der Waals surface area contributed by atoms with Crippen molar-refractivity contribution in [2.45, 2.75) is 0 Å². The fourth-order valence-corrected chi connectivity index (χ4v) is 1.44. The molecule has 160 valence electrons. The molecule has 0 fully saturated rings. The summed E-state index contributed by atoms with van der Waals surface area (Å²) >= 11 is 0. The first kappa shape index (κ1) is 23.1. The molecule has 4 aliphatic heterocycles. The lowest BCUT2D eigenvalue weighted by molar-refractivity contribution is 0.144. The van der Waals surface area contributed by atoms with E-state index >= 15 is 0 Å². The number of nitrogens with zero attached hydrogens (tertiary/aromatic N) is 14. The molecule has 30 heavy (non-hydrogen) atoms. The molecule has 24 heteroatoms. The van der Waals surface area contributed by atoms with Crippen LogP contribution in [-0.2, 0) is 0 Å². The molecule has 0 atom stereocenters. The Labute approximate surface area is 163 Å². The van der Waals surface area contributed by atoms with E-state index in [2.05, 4.69) is 96.5 Å². The van der Waals surface area contributed by atoms with E-state index in [0.717, 1.165) is 0 Å². The third-order valence-corrected chi connectivity index (χ3v) is 2.42. The van der Waals surface area contributed by atoms with Gasteiger partial charge in [-0.2, -0.15) is 11.1 Å². The largest absolute Gasteiger partial charge is 0.463 e. The van der Waals surface area contributed by atoms with Crippen LogP contribution in [0.3, 0.4) is 0 Å². The molecule has 0 aromatic rings. The number of nitrogens with two attached hydrogens (primary N) is 4. The van der Waals surface area contributed by atoms with E-state index in [1.165, 1.54) is 0 Å². The highest BCUT2D eigenvalue weighted by atomic mass is 16.4. The first-order valence-corrected chi connectivity index (χ1v) is 6.75. The molecule has 0 spiro atoms. The van der Waals surface area contributed by atoms with Crippen molar-refractivity contribution in [1.82, 2.24) is 21.1 Å². The maximum absolute atomic E-state index is 10.5. The predicted octanol–water partition coefficient (Wildman–Crippen LogP) is -0.740. The van der Waals surface area contributed by atoms with E-state index in [0.29, 0.717) is 10.0 Å². The topological polar surface area (TPSA) is 358 Å². The lowest BCUT2D eigenvalue weighted by Crippen LogP contribution is -2.34. The summed E-state index contributed by atoms with van der Waals surface area (Å²) in [7, 11) is 0. The number of carboxylic acid groups (broad SMARTS) is 2. The van der Waals surface area contributed by atoms with Gasteiger partial charge < -0.3 is 10.2 Å². The SMILES string of the molecule is NN.NN.O=C(O)N1NN=NC1=C1N=NN=N1.O=C(O)N1NN=NC1=C1N=NN=N1. The smallest absolute Gasteiger partial charge is 0.433 e. The first-order valence-electron chi connectivity index (χ1n) is 6.75. The van der Waals surface area contributed by atoms with Crippen LogP contribution in [0.5, 0.6) is 0 Å². The Morgan fingerprint density at radius 1 is 0.633 bits per heavy atom. The van der Waals surface area contributed by atoms with Crippen LogP contribution in [0.15, 0.2) is 85.3 Å². The van der Waals surface area contributed by atoms with Crippen molar-refractivity contribution in [2.75, 3.05) is 0 Å². The van der Waals surface area contributed by atoms with E-state index in [9.17, 15) is 9.59 Å². The molecule has 0 radical (unpaired) electrons. The van der Waals surface area contributed by atoms with Crippen LogP contribution < -0.4 is 34.4 Å². The molecule has 4 heterocycles. The molecule has 12 N–H and O–H groups in total. The highest BCUT2D eigenvalue weighted by molar-refractivity contribution is 5.67. The zero-order chi connectivity index (χ0) is 22.5. The van der Waals surface area contributed by atoms with Crippen LogP contribution in [-0.4, -0.2) is 32.4 Å². The van der Waals surface area contributed by atoms with Crippen LogP contribution in [0.25, 0.3) is 0 Å². The zero-order valence-electron chi connectivity index (χ0n) is 14.3. The standard InChI is InChI=1S/2C3H2N8O2.2H4N2/c2*12-3(13)11-2(6-9-10-11)1-4-7-8-5-1;2*1-2/h2*(H,6,10)(H,12,13);2*1-2H2. The predicted molar refractivity (Wildman–Crippen MR) is 85.9 cm³/mol. The van der Waals surface area contributed by atoms with Gasteiger partial charge in [0.2, 0.25) is 23.3 Å². The Morgan fingerprint density at radius 3 is 1.20 bits per heavy atom. The monoisotopic (exact) mass is 428 g/mol. The summed E-state index contributed by atoms with van der Waals surface area (Å²) in [6, 6.07) is 0.